The van der Waals surface area contributed by atoms with E-state index < -0.39 is 6.10 Å². The molecule has 4 rings (SSSR count). The van der Waals surface area contributed by atoms with Crippen molar-refractivity contribution in [2.75, 3.05) is 0 Å². The van der Waals surface area contributed by atoms with Gasteiger partial charge in [0.1, 0.15) is 11.9 Å². The molecule has 0 fully saturated rings. The maximum absolute atomic E-state index is 11.1. The number of halogens is 2. The largest absolute Gasteiger partial charge is 0.507 e. The Labute approximate surface area is 182 Å². The zero-order valence-electron chi connectivity index (χ0n) is 15.2. The first-order valence-electron chi connectivity index (χ1n) is 8.94. The second kappa shape index (κ2) is 8.56. The van der Waals surface area contributed by atoms with Crippen molar-refractivity contribution in [2.24, 2.45) is 0 Å². The number of benzene rings is 2. The molecule has 0 aliphatic carbocycles. The van der Waals surface area contributed by atoms with Crippen LogP contribution in [0.4, 0.5) is 0 Å². The molecule has 6 heteroatoms. The van der Waals surface area contributed by atoms with Crippen LogP contribution in [0, 0.1) is 0 Å². The van der Waals surface area contributed by atoms with E-state index in [2.05, 4.69) is 4.98 Å². The van der Waals surface area contributed by atoms with Gasteiger partial charge in [0, 0.05) is 50.3 Å². The maximum Gasteiger partial charge on any atom is 0.125 e. The van der Waals surface area contributed by atoms with Crippen LogP contribution in [-0.2, 0) is 6.42 Å². The molecule has 0 radical (unpaired) electrons. The second-order valence-corrected chi connectivity index (χ2v) is 8.43. The third-order valence-electron chi connectivity index (χ3n) is 4.75. The highest BCUT2D eigenvalue weighted by Gasteiger charge is 2.21. The second-order valence-electron chi connectivity index (χ2n) is 6.65. The van der Waals surface area contributed by atoms with Crippen molar-refractivity contribution >= 4 is 50.4 Å². The molecule has 2 N–H and O–H groups in total. The predicted molar refractivity (Wildman–Crippen MR) is 121 cm³/mol. The van der Waals surface area contributed by atoms with Crippen LogP contribution in [0.5, 0.6) is 0 Å². The molecule has 0 aliphatic rings. The van der Waals surface area contributed by atoms with Crippen molar-refractivity contribution in [3.63, 3.8) is 0 Å². The summed E-state index contributed by atoms with van der Waals surface area (Å²) < 4.78 is 1.10. The molecule has 3 nitrogen and oxygen atoms in total. The number of aromatic nitrogens is 1. The molecule has 29 heavy (non-hydrogen) atoms. The molecule has 0 bridgehead atoms. The number of nitrogens with zero attached hydrogens (tertiary/aromatic N) is 1. The third-order valence-corrected chi connectivity index (χ3v) is 6.25. The zero-order valence-corrected chi connectivity index (χ0v) is 17.5. The van der Waals surface area contributed by atoms with Gasteiger partial charge < -0.3 is 10.2 Å². The number of aliphatic hydroxyl groups excluding tert-OH is 2. The van der Waals surface area contributed by atoms with Crippen molar-refractivity contribution in [1.82, 2.24) is 4.98 Å². The van der Waals surface area contributed by atoms with E-state index >= 15 is 0 Å². The third kappa shape index (κ3) is 4.31. The fraction of sp³-hybridized carbons (Fsp3) is 0.0870. The zero-order chi connectivity index (χ0) is 20.4. The Kier molecular flexibility index (Phi) is 5.88. The van der Waals surface area contributed by atoms with Crippen LogP contribution in [0.1, 0.15) is 22.8 Å². The average molecular weight is 442 g/mol. The van der Waals surface area contributed by atoms with E-state index in [0.717, 1.165) is 15.6 Å². The monoisotopic (exact) mass is 441 g/mol. The van der Waals surface area contributed by atoms with Gasteiger partial charge in [-0.2, -0.15) is 0 Å². The number of hydrogen-bond donors (Lipinski definition) is 2. The Hall–Kier alpha value is -2.37. The van der Waals surface area contributed by atoms with Gasteiger partial charge in [-0.05, 0) is 64.9 Å². The fourth-order valence-corrected chi connectivity index (χ4v) is 4.48. The Balaban J connectivity index is 1.82. The molecule has 146 valence electrons. The molecule has 2 aromatic carbocycles. The van der Waals surface area contributed by atoms with Crippen molar-refractivity contribution in [3.8, 4) is 0 Å². The summed E-state index contributed by atoms with van der Waals surface area (Å²) in [5, 5.41) is 26.4. The van der Waals surface area contributed by atoms with Gasteiger partial charge >= 0.3 is 0 Å². The first-order valence-corrected chi connectivity index (χ1v) is 10.6. The van der Waals surface area contributed by atoms with Crippen LogP contribution in [0.3, 0.4) is 0 Å². The van der Waals surface area contributed by atoms with Crippen molar-refractivity contribution < 1.29 is 10.2 Å². The first-order chi connectivity index (χ1) is 14.0. The smallest absolute Gasteiger partial charge is 0.125 e. The van der Waals surface area contributed by atoms with Crippen LogP contribution in [0.15, 0.2) is 77.9 Å². The van der Waals surface area contributed by atoms with Gasteiger partial charge in [-0.3, -0.25) is 4.98 Å². The molecule has 1 atom stereocenters. The quantitative estimate of drug-likeness (QED) is 0.333. The molecule has 0 spiro atoms. The van der Waals surface area contributed by atoms with Gasteiger partial charge in [0.25, 0.3) is 0 Å². The average Bonchev–Trinajstić information content (AvgIpc) is 3.14. The van der Waals surface area contributed by atoms with Crippen molar-refractivity contribution in [1.29, 1.82) is 0 Å². The van der Waals surface area contributed by atoms with E-state index in [1.54, 1.807) is 60.1 Å². The Morgan fingerprint density at radius 2 is 1.79 bits per heavy atom. The van der Waals surface area contributed by atoms with Crippen LogP contribution in [0.2, 0.25) is 10.0 Å². The van der Waals surface area contributed by atoms with Gasteiger partial charge in [0.05, 0.1) is 0 Å². The molecule has 2 heterocycles. The first kappa shape index (κ1) is 19.9. The molecule has 4 aromatic rings. The van der Waals surface area contributed by atoms with Gasteiger partial charge in [0.15, 0.2) is 0 Å². The minimum Gasteiger partial charge on any atom is -0.507 e. The number of rotatable bonds is 5. The molecule has 0 amide bonds. The lowest BCUT2D eigenvalue weighted by Crippen LogP contribution is -2.08. The lowest BCUT2D eigenvalue weighted by molar-refractivity contribution is 0.210. The van der Waals surface area contributed by atoms with Gasteiger partial charge in [-0.1, -0.05) is 29.3 Å². The van der Waals surface area contributed by atoms with E-state index in [0.29, 0.717) is 33.2 Å². The number of fused-ring (bicyclic) bond motifs is 1. The number of hydrogen-bond acceptors (Lipinski definition) is 4. The molecule has 0 saturated carbocycles. The minimum atomic E-state index is -1.01. The molecular formula is C23H17Cl2NO2S. The maximum atomic E-state index is 11.1. The normalized spacial score (nSPS) is 13.3. The topological polar surface area (TPSA) is 53.4 Å². The molecule has 0 saturated heterocycles. The van der Waals surface area contributed by atoms with Crippen LogP contribution in [-0.4, -0.2) is 15.2 Å². The number of thiophene rings is 1. The van der Waals surface area contributed by atoms with E-state index in [-0.39, 0.29) is 5.76 Å². The van der Waals surface area contributed by atoms with E-state index in [1.165, 1.54) is 0 Å². The summed E-state index contributed by atoms with van der Waals surface area (Å²) in [5.41, 5.74) is 2.68. The Morgan fingerprint density at radius 1 is 1.03 bits per heavy atom. The summed E-state index contributed by atoms with van der Waals surface area (Å²) >= 11 is 13.8. The minimum absolute atomic E-state index is 0.0272. The van der Waals surface area contributed by atoms with Crippen molar-refractivity contribution in [3.05, 3.63) is 105 Å². The highest BCUT2D eigenvalue weighted by molar-refractivity contribution is 7.17. The van der Waals surface area contributed by atoms with E-state index in [1.807, 2.05) is 23.6 Å². The summed E-state index contributed by atoms with van der Waals surface area (Å²) in [7, 11) is 0. The highest BCUT2D eigenvalue weighted by Crippen LogP contribution is 2.35. The number of aliphatic hydroxyl groups is 2. The molecule has 1 unspecified atom stereocenters. The van der Waals surface area contributed by atoms with Crippen LogP contribution < -0.4 is 0 Å². The number of pyridine rings is 1. The van der Waals surface area contributed by atoms with Crippen LogP contribution in [0.25, 0.3) is 15.8 Å². The summed E-state index contributed by atoms with van der Waals surface area (Å²) in [6.45, 7) is 0. The Morgan fingerprint density at radius 3 is 2.52 bits per heavy atom. The van der Waals surface area contributed by atoms with Crippen molar-refractivity contribution in [2.45, 2.75) is 12.5 Å². The Bertz CT molecular complexity index is 1170. The molecule has 0 aliphatic heterocycles. The lowest BCUT2D eigenvalue weighted by atomic mass is 9.93. The summed E-state index contributed by atoms with van der Waals surface area (Å²) in [4.78, 5) is 4.09. The summed E-state index contributed by atoms with van der Waals surface area (Å²) in [6, 6.07) is 16.2. The molecular weight excluding hydrogens is 425 g/mol. The van der Waals surface area contributed by atoms with Gasteiger partial charge in [0.2, 0.25) is 0 Å². The lowest BCUT2D eigenvalue weighted by Gasteiger charge is -2.18. The standard InChI is InChI=1S/C23H17Cl2NO2S/c24-17-5-3-14(4-6-17)22(27)20(23(28)15-2-1-9-26-12-15)10-16-13-29-21-8-7-18(25)11-19(16)21/h1-9,11-13,23,27-28H,10H2/b22-20+. The fourth-order valence-electron chi connectivity index (χ4n) is 3.24. The van der Waals surface area contributed by atoms with Gasteiger partial charge in [-0.25, -0.2) is 0 Å². The highest BCUT2D eigenvalue weighted by atomic mass is 35.5. The predicted octanol–water partition coefficient (Wildman–Crippen LogP) is 6.85. The summed E-state index contributed by atoms with van der Waals surface area (Å²) in [6.07, 6.45) is 2.61. The summed E-state index contributed by atoms with van der Waals surface area (Å²) in [5.74, 6) is 0.0272. The van der Waals surface area contributed by atoms with E-state index in [9.17, 15) is 10.2 Å². The van der Waals surface area contributed by atoms with Gasteiger partial charge in [-0.15, -0.1) is 11.3 Å². The van der Waals surface area contributed by atoms with Crippen LogP contribution >= 0.6 is 34.5 Å². The molecule has 2 aromatic heterocycles. The van der Waals surface area contributed by atoms with E-state index in [4.69, 9.17) is 23.2 Å². The SMILES string of the molecule is O/C(=C(\Cc1csc2ccc(Cl)cc12)C(O)c1cccnc1)c1ccc(Cl)cc1.